The molecule has 1 aliphatic heterocycles. The second-order valence-electron chi connectivity index (χ2n) is 12.8. The molecule has 0 aliphatic carbocycles. The number of hydrogen-bond donors (Lipinski definition) is 0. The van der Waals surface area contributed by atoms with Crippen molar-refractivity contribution < 1.29 is 23.9 Å². The van der Waals surface area contributed by atoms with Crippen molar-refractivity contribution >= 4 is 29.5 Å². The molecule has 3 amide bonds. The summed E-state index contributed by atoms with van der Waals surface area (Å²) in [6.45, 7) is 13.0. The molecule has 0 aromatic heterocycles. The molecule has 0 saturated carbocycles. The Balaban J connectivity index is 1.71. The molecule has 0 bridgehead atoms. The molecule has 1 saturated heterocycles. The van der Waals surface area contributed by atoms with Crippen molar-refractivity contribution in [1.82, 2.24) is 14.7 Å². The lowest BCUT2D eigenvalue weighted by atomic mass is 10.0. The Hall–Kier alpha value is -5.43. The van der Waals surface area contributed by atoms with Gasteiger partial charge in [-0.2, -0.15) is 5.26 Å². The number of hydrogen-bond acceptors (Lipinski definition) is 7. The second kappa shape index (κ2) is 15.9. The maximum Gasteiger partial charge on any atom is 0.410 e. The fraction of sp³-hybridized carbons (Fsp3) is 0.342. The minimum absolute atomic E-state index is 0.0103. The standard InChI is InChI=1S/C38H43N5O5/c1-7-20-47-36(45)41-24-32(25-42(27(2)3)37(46)48-38(4,5)6)43(34(44)26-41)23-28-18-19-31(22-39)33(21-28)40-35(29-14-10-8-11-15-29)30-16-12-9-13-17-30/h7-19,21,27,32H,1,20,23-26H2,2-6H3. The molecule has 0 radical (unpaired) electrons. The summed E-state index contributed by atoms with van der Waals surface area (Å²) in [5.74, 6) is -0.307. The first-order valence-electron chi connectivity index (χ1n) is 15.9. The number of nitrogens with zero attached hydrogens (tertiary/aromatic N) is 5. The molecule has 1 unspecified atom stereocenters. The molecule has 1 atom stereocenters. The van der Waals surface area contributed by atoms with Crippen LogP contribution in [0.15, 0.2) is 96.5 Å². The van der Waals surface area contributed by atoms with Crippen LogP contribution in [0.3, 0.4) is 0 Å². The van der Waals surface area contributed by atoms with E-state index >= 15 is 0 Å². The van der Waals surface area contributed by atoms with Gasteiger partial charge in [-0.1, -0.05) is 79.4 Å². The molecule has 1 heterocycles. The molecular formula is C38H43N5O5. The zero-order chi connectivity index (χ0) is 34.8. The second-order valence-corrected chi connectivity index (χ2v) is 12.8. The summed E-state index contributed by atoms with van der Waals surface area (Å²) in [5.41, 5.74) is 3.36. The first-order valence-corrected chi connectivity index (χ1v) is 15.9. The van der Waals surface area contributed by atoms with E-state index in [1.165, 1.54) is 11.0 Å². The van der Waals surface area contributed by atoms with Crippen LogP contribution in [0.2, 0.25) is 0 Å². The van der Waals surface area contributed by atoms with Crippen LogP contribution in [0.1, 0.15) is 56.9 Å². The van der Waals surface area contributed by atoms with Gasteiger partial charge in [0.25, 0.3) is 0 Å². The molecule has 0 N–H and O–H groups in total. The SMILES string of the molecule is C=CCOC(=O)N1CC(=O)N(Cc2ccc(C#N)c(N=C(c3ccccc3)c3ccccc3)c2)C(CN(C(=O)OC(C)(C)C)C(C)C)C1. The third kappa shape index (κ3) is 9.32. The molecule has 3 aromatic rings. The topological polar surface area (TPSA) is 116 Å². The van der Waals surface area contributed by atoms with Gasteiger partial charge in [0.2, 0.25) is 5.91 Å². The maximum atomic E-state index is 13.7. The summed E-state index contributed by atoms with van der Waals surface area (Å²) in [5, 5.41) is 10.0. The van der Waals surface area contributed by atoms with Gasteiger partial charge in [-0.3, -0.25) is 9.69 Å². The average Bonchev–Trinajstić information content (AvgIpc) is 3.06. The Morgan fingerprint density at radius 1 is 1.06 bits per heavy atom. The van der Waals surface area contributed by atoms with Gasteiger partial charge in [0.1, 0.15) is 24.8 Å². The molecule has 10 heteroatoms. The van der Waals surface area contributed by atoms with Gasteiger partial charge in [0.05, 0.1) is 23.0 Å². The zero-order valence-corrected chi connectivity index (χ0v) is 28.3. The number of nitriles is 1. The van der Waals surface area contributed by atoms with Crippen LogP contribution in [0.4, 0.5) is 15.3 Å². The van der Waals surface area contributed by atoms with Crippen molar-refractivity contribution in [2.45, 2.75) is 58.8 Å². The highest BCUT2D eigenvalue weighted by Gasteiger charge is 2.38. The van der Waals surface area contributed by atoms with Crippen LogP contribution in [0.5, 0.6) is 0 Å². The number of carbonyl (C=O) groups is 3. The number of benzene rings is 3. The van der Waals surface area contributed by atoms with E-state index in [0.29, 0.717) is 17.0 Å². The van der Waals surface area contributed by atoms with Crippen LogP contribution in [0, 0.1) is 11.3 Å². The third-order valence-corrected chi connectivity index (χ3v) is 7.62. The highest BCUT2D eigenvalue weighted by Crippen LogP contribution is 2.27. The highest BCUT2D eigenvalue weighted by atomic mass is 16.6. The molecule has 250 valence electrons. The predicted molar refractivity (Wildman–Crippen MR) is 185 cm³/mol. The van der Waals surface area contributed by atoms with Gasteiger partial charge in [-0.05, 0) is 52.3 Å². The van der Waals surface area contributed by atoms with E-state index in [-0.39, 0.29) is 44.7 Å². The Morgan fingerprint density at radius 3 is 2.23 bits per heavy atom. The first-order chi connectivity index (χ1) is 22.9. The van der Waals surface area contributed by atoms with E-state index in [2.05, 4.69) is 12.6 Å². The van der Waals surface area contributed by atoms with Crippen LogP contribution in [-0.2, 0) is 20.8 Å². The fourth-order valence-electron chi connectivity index (χ4n) is 5.32. The first kappa shape index (κ1) is 35.4. The average molecular weight is 650 g/mol. The van der Waals surface area contributed by atoms with Crippen molar-refractivity contribution in [3.63, 3.8) is 0 Å². The van der Waals surface area contributed by atoms with E-state index in [0.717, 1.165) is 16.7 Å². The number of amides is 3. The smallest absolute Gasteiger partial charge is 0.410 e. The Labute approximate surface area is 282 Å². The molecular weight excluding hydrogens is 606 g/mol. The molecule has 48 heavy (non-hydrogen) atoms. The van der Waals surface area contributed by atoms with E-state index in [1.54, 1.807) is 42.7 Å². The number of ether oxygens (including phenoxy) is 2. The summed E-state index contributed by atoms with van der Waals surface area (Å²) in [6, 6.07) is 26.2. The van der Waals surface area contributed by atoms with Crippen LogP contribution >= 0.6 is 0 Å². The minimum atomic E-state index is -0.718. The molecule has 0 spiro atoms. The van der Waals surface area contributed by atoms with Crippen LogP contribution in [0.25, 0.3) is 0 Å². The fourth-order valence-corrected chi connectivity index (χ4v) is 5.32. The number of aliphatic imine (C=N–C) groups is 1. The van der Waals surface area contributed by atoms with Gasteiger partial charge in [0, 0.05) is 36.8 Å². The minimum Gasteiger partial charge on any atom is -0.445 e. The lowest BCUT2D eigenvalue weighted by Gasteiger charge is -2.43. The Bertz CT molecular complexity index is 1630. The van der Waals surface area contributed by atoms with Crippen molar-refractivity contribution in [3.8, 4) is 6.07 Å². The van der Waals surface area contributed by atoms with Crippen molar-refractivity contribution in [1.29, 1.82) is 5.26 Å². The summed E-state index contributed by atoms with van der Waals surface area (Å²) >= 11 is 0. The van der Waals surface area contributed by atoms with Gasteiger partial charge in [-0.15, -0.1) is 0 Å². The van der Waals surface area contributed by atoms with Crippen molar-refractivity contribution in [3.05, 3.63) is 114 Å². The summed E-state index contributed by atoms with van der Waals surface area (Å²) in [4.78, 5) is 49.4. The maximum absolute atomic E-state index is 13.7. The van der Waals surface area contributed by atoms with Gasteiger partial charge in [0.15, 0.2) is 0 Å². The Kier molecular flexibility index (Phi) is 11.7. The van der Waals surface area contributed by atoms with E-state index in [4.69, 9.17) is 14.5 Å². The number of rotatable bonds is 10. The largest absolute Gasteiger partial charge is 0.445 e. The van der Waals surface area contributed by atoms with E-state index in [9.17, 15) is 19.6 Å². The molecule has 1 aliphatic rings. The summed E-state index contributed by atoms with van der Waals surface area (Å²) in [7, 11) is 0. The molecule has 10 nitrogen and oxygen atoms in total. The normalized spacial score (nSPS) is 14.6. The number of carbonyl (C=O) groups excluding carboxylic acids is 3. The lowest BCUT2D eigenvalue weighted by molar-refractivity contribution is -0.140. The summed E-state index contributed by atoms with van der Waals surface area (Å²) < 4.78 is 10.9. The lowest BCUT2D eigenvalue weighted by Crippen LogP contribution is -2.61. The third-order valence-electron chi connectivity index (χ3n) is 7.62. The van der Waals surface area contributed by atoms with Gasteiger partial charge in [-0.25, -0.2) is 14.6 Å². The highest BCUT2D eigenvalue weighted by molar-refractivity contribution is 6.14. The molecule has 4 rings (SSSR count). The molecule has 1 fully saturated rings. The van der Waals surface area contributed by atoms with Crippen LogP contribution in [-0.4, -0.2) is 82.4 Å². The Morgan fingerprint density at radius 2 is 1.69 bits per heavy atom. The predicted octanol–water partition coefficient (Wildman–Crippen LogP) is 6.71. The van der Waals surface area contributed by atoms with Crippen molar-refractivity contribution in [2.75, 3.05) is 26.2 Å². The van der Waals surface area contributed by atoms with E-state index < -0.39 is 23.8 Å². The van der Waals surface area contributed by atoms with Crippen molar-refractivity contribution in [2.24, 2.45) is 4.99 Å². The van der Waals surface area contributed by atoms with Gasteiger partial charge < -0.3 is 19.3 Å². The quantitative estimate of drug-likeness (QED) is 0.178. The van der Waals surface area contributed by atoms with Crippen LogP contribution < -0.4 is 0 Å². The zero-order valence-electron chi connectivity index (χ0n) is 28.3. The summed E-state index contributed by atoms with van der Waals surface area (Å²) in [6.07, 6.45) is 0.314. The van der Waals surface area contributed by atoms with E-state index in [1.807, 2.05) is 80.6 Å². The monoisotopic (exact) mass is 649 g/mol. The van der Waals surface area contributed by atoms with Gasteiger partial charge >= 0.3 is 12.2 Å². The number of piperazine rings is 1. The molecule has 3 aromatic carbocycles.